The number of amides is 1. The van der Waals surface area contributed by atoms with E-state index >= 15 is 0 Å². The van der Waals surface area contributed by atoms with Crippen molar-refractivity contribution in [2.24, 2.45) is 5.92 Å². The van der Waals surface area contributed by atoms with E-state index in [1.807, 2.05) is 11.0 Å². The van der Waals surface area contributed by atoms with Crippen LogP contribution in [0.2, 0.25) is 0 Å². The molecule has 1 heterocycles. The van der Waals surface area contributed by atoms with Crippen molar-refractivity contribution < 1.29 is 14.7 Å². The van der Waals surface area contributed by atoms with Crippen LogP contribution in [0.4, 0.5) is 0 Å². The molecule has 1 N–H and O–H groups in total. The van der Waals surface area contributed by atoms with Crippen molar-refractivity contribution in [3.05, 3.63) is 82.4 Å². The minimum absolute atomic E-state index is 0.0556. The Morgan fingerprint density at radius 3 is 2.47 bits per heavy atom. The summed E-state index contributed by atoms with van der Waals surface area (Å²) in [5, 5.41) is 12.1. The van der Waals surface area contributed by atoms with E-state index in [0.717, 1.165) is 42.2 Å². The molecule has 0 saturated carbocycles. The van der Waals surface area contributed by atoms with Crippen molar-refractivity contribution in [2.75, 3.05) is 13.1 Å². The fourth-order valence-electron chi connectivity index (χ4n) is 5.16. The van der Waals surface area contributed by atoms with Crippen molar-refractivity contribution in [1.82, 2.24) is 4.90 Å². The second kappa shape index (κ2) is 8.74. The van der Waals surface area contributed by atoms with Crippen LogP contribution >= 0.6 is 0 Å². The number of rotatable bonds is 3. The molecule has 1 aliphatic carbocycles. The number of benzene rings is 3. The number of carbonyl (C=O) groups is 2. The van der Waals surface area contributed by atoms with E-state index in [9.17, 15) is 14.7 Å². The Kier molecular flexibility index (Phi) is 5.75. The van der Waals surface area contributed by atoms with Crippen LogP contribution in [0.3, 0.4) is 0 Å². The maximum Gasteiger partial charge on any atom is 0.253 e. The van der Waals surface area contributed by atoms with E-state index < -0.39 is 5.60 Å². The van der Waals surface area contributed by atoms with E-state index in [1.165, 1.54) is 16.5 Å². The fourth-order valence-corrected chi connectivity index (χ4v) is 5.16. The smallest absolute Gasteiger partial charge is 0.253 e. The zero-order chi connectivity index (χ0) is 23.9. The second-order valence-electron chi connectivity index (χ2n) is 9.95. The number of aryl methyl sites for hydroxylation is 2. The van der Waals surface area contributed by atoms with Crippen molar-refractivity contribution in [3.63, 3.8) is 0 Å². The minimum atomic E-state index is -1.06. The first-order valence-electron chi connectivity index (χ1n) is 12.0. The molecule has 34 heavy (non-hydrogen) atoms. The molecular weight excluding hydrogens is 422 g/mol. The summed E-state index contributed by atoms with van der Waals surface area (Å²) in [5.41, 5.74) is 3.73. The molecule has 1 atom stereocenters. The lowest BCUT2D eigenvalue weighted by Crippen LogP contribution is -2.42. The molecule has 4 heteroatoms. The summed E-state index contributed by atoms with van der Waals surface area (Å²) in [6.45, 7) is 4.37. The van der Waals surface area contributed by atoms with Gasteiger partial charge < -0.3 is 10.0 Å². The summed E-state index contributed by atoms with van der Waals surface area (Å²) in [7, 11) is 0. The summed E-state index contributed by atoms with van der Waals surface area (Å²) in [4.78, 5) is 28.6. The summed E-state index contributed by atoms with van der Waals surface area (Å²) in [5.74, 6) is 5.61. The van der Waals surface area contributed by atoms with Crippen molar-refractivity contribution in [3.8, 4) is 11.8 Å². The number of Topliss-reactive ketones (excluding diaryl/α,β-unsaturated/α-hetero) is 1. The molecule has 172 valence electrons. The maximum atomic E-state index is 13.6. The number of hydrogen-bond acceptors (Lipinski definition) is 3. The highest BCUT2D eigenvalue weighted by Gasteiger charge is 2.31. The molecule has 1 fully saturated rings. The van der Waals surface area contributed by atoms with E-state index in [2.05, 4.69) is 36.1 Å². The summed E-state index contributed by atoms with van der Waals surface area (Å²) in [6.07, 6.45) is 3.70. The number of likely N-dealkylation sites (tertiary alicyclic amines) is 1. The van der Waals surface area contributed by atoms with Gasteiger partial charge in [0, 0.05) is 35.7 Å². The van der Waals surface area contributed by atoms with E-state index in [4.69, 9.17) is 0 Å². The van der Waals surface area contributed by atoms with Gasteiger partial charge in [-0.3, -0.25) is 9.59 Å². The monoisotopic (exact) mass is 451 g/mol. The number of aliphatic hydroxyl groups is 1. The van der Waals surface area contributed by atoms with Crippen molar-refractivity contribution in [1.29, 1.82) is 0 Å². The van der Waals surface area contributed by atoms with E-state index in [1.54, 1.807) is 38.1 Å². The Labute approximate surface area is 200 Å². The van der Waals surface area contributed by atoms with E-state index in [-0.39, 0.29) is 17.6 Å². The third kappa shape index (κ3) is 4.36. The van der Waals surface area contributed by atoms with Crippen LogP contribution in [0, 0.1) is 17.8 Å². The first-order chi connectivity index (χ1) is 16.3. The molecule has 1 amide bonds. The molecule has 3 aromatic carbocycles. The molecule has 1 aliphatic heterocycles. The lowest BCUT2D eigenvalue weighted by Gasteiger charge is -2.32. The summed E-state index contributed by atoms with van der Waals surface area (Å²) in [6, 6.07) is 17.5. The Morgan fingerprint density at radius 1 is 1.00 bits per heavy atom. The van der Waals surface area contributed by atoms with E-state index in [0.29, 0.717) is 18.7 Å². The second-order valence-corrected chi connectivity index (χ2v) is 9.95. The molecule has 0 spiro atoms. The average Bonchev–Trinajstić information content (AvgIpc) is 3.27. The molecule has 2 aliphatic rings. The third-order valence-electron chi connectivity index (χ3n) is 6.87. The van der Waals surface area contributed by atoms with Crippen molar-refractivity contribution in [2.45, 2.75) is 45.1 Å². The van der Waals surface area contributed by atoms with Crippen LogP contribution in [0.1, 0.15) is 64.1 Å². The fraction of sp³-hybridized carbons (Fsp3) is 0.333. The van der Waals surface area contributed by atoms with Gasteiger partial charge in [0.25, 0.3) is 5.91 Å². The number of carbonyl (C=O) groups excluding carboxylic acids is 2. The Balaban J connectivity index is 1.33. The molecule has 0 unspecified atom stereocenters. The predicted molar refractivity (Wildman–Crippen MR) is 134 cm³/mol. The maximum absolute atomic E-state index is 13.6. The number of hydrogen-bond donors (Lipinski definition) is 1. The zero-order valence-corrected chi connectivity index (χ0v) is 19.7. The lowest BCUT2D eigenvalue weighted by molar-refractivity contribution is 0.0637. The SMILES string of the molecule is CC(C)(O)C#Cc1ccc(C(=O)N2CCC[C@H](C(=O)c3ccc4c5c(cccc35)CC4)C2)cc1. The quantitative estimate of drug-likeness (QED) is 0.460. The van der Waals surface area contributed by atoms with Gasteiger partial charge in [-0.1, -0.05) is 42.2 Å². The molecular formula is C30H29NO3. The molecule has 5 rings (SSSR count). The van der Waals surface area contributed by atoms with Crippen LogP contribution < -0.4 is 0 Å². The van der Waals surface area contributed by atoms with Crippen LogP contribution in [-0.4, -0.2) is 40.4 Å². The Hall–Kier alpha value is -3.42. The van der Waals surface area contributed by atoms with Crippen molar-refractivity contribution >= 4 is 22.5 Å². The van der Waals surface area contributed by atoms with Gasteiger partial charge in [-0.15, -0.1) is 0 Å². The van der Waals surface area contributed by atoms with Crippen LogP contribution in [0.5, 0.6) is 0 Å². The molecule has 0 radical (unpaired) electrons. The van der Waals surface area contributed by atoms with Gasteiger partial charge in [0.15, 0.2) is 5.78 Å². The zero-order valence-electron chi connectivity index (χ0n) is 19.7. The summed E-state index contributed by atoms with van der Waals surface area (Å²) < 4.78 is 0. The molecule has 0 bridgehead atoms. The predicted octanol–water partition coefficient (Wildman–Crippen LogP) is 4.80. The number of ketones is 1. The number of nitrogens with zero attached hydrogens (tertiary/aromatic N) is 1. The third-order valence-corrected chi connectivity index (χ3v) is 6.87. The highest BCUT2D eigenvalue weighted by molar-refractivity contribution is 6.11. The average molecular weight is 452 g/mol. The van der Waals surface area contributed by atoms with Crippen LogP contribution in [0.15, 0.2) is 54.6 Å². The first kappa shape index (κ1) is 22.4. The summed E-state index contributed by atoms with van der Waals surface area (Å²) >= 11 is 0. The van der Waals surface area contributed by atoms with Crippen LogP contribution in [0.25, 0.3) is 10.8 Å². The Bertz CT molecular complexity index is 1330. The molecule has 3 aromatic rings. The minimum Gasteiger partial charge on any atom is -0.378 e. The topological polar surface area (TPSA) is 57.6 Å². The van der Waals surface area contributed by atoms with Gasteiger partial charge >= 0.3 is 0 Å². The van der Waals surface area contributed by atoms with Gasteiger partial charge in [-0.05, 0) is 85.7 Å². The normalized spacial score (nSPS) is 17.4. The highest BCUT2D eigenvalue weighted by Crippen LogP contribution is 2.34. The number of piperidine rings is 1. The van der Waals surface area contributed by atoms with Gasteiger partial charge in [-0.25, -0.2) is 0 Å². The van der Waals surface area contributed by atoms with Gasteiger partial charge in [-0.2, -0.15) is 0 Å². The largest absolute Gasteiger partial charge is 0.378 e. The lowest BCUT2D eigenvalue weighted by atomic mass is 9.87. The first-order valence-corrected chi connectivity index (χ1v) is 12.0. The van der Waals surface area contributed by atoms with Crippen LogP contribution in [-0.2, 0) is 12.8 Å². The Morgan fingerprint density at radius 2 is 1.74 bits per heavy atom. The van der Waals surface area contributed by atoms with Gasteiger partial charge in [0.2, 0.25) is 0 Å². The van der Waals surface area contributed by atoms with Gasteiger partial charge in [0.1, 0.15) is 5.60 Å². The highest BCUT2D eigenvalue weighted by atomic mass is 16.3. The molecule has 1 saturated heterocycles. The molecule has 0 aromatic heterocycles. The molecule has 4 nitrogen and oxygen atoms in total. The standard InChI is InChI=1S/C30H29NO3/c1-30(2,34)17-16-20-8-10-23(11-9-20)29(33)31-18-4-6-24(19-31)28(32)26-15-14-22-13-12-21-5-3-7-25(26)27(21)22/h3,5,7-11,14-15,24,34H,4,6,12-13,18-19H2,1-2H3/t24-/m0/s1. The van der Waals surface area contributed by atoms with Gasteiger partial charge in [0.05, 0.1) is 0 Å².